The van der Waals surface area contributed by atoms with Crippen molar-refractivity contribution < 1.29 is 4.74 Å². The fourth-order valence-corrected chi connectivity index (χ4v) is 4.55. The number of rotatable bonds is 8. The molecule has 2 aromatic heterocycles. The quantitative estimate of drug-likeness (QED) is 0.399. The molecule has 0 saturated carbocycles. The summed E-state index contributed by atoms with van der Waals surface area (Å²) < 4.78 is 8.66. The highest BCUT2D eigenvalue weighted by molar-refractivity contribution is 7.19. The zero-order chi connectivity index (χ0) is 20.9. The van der Waals surface area contributed by atoms with Gasteiger partial charge in [-0.1, -0.05) is 49.9 Å². The van der Waals surface area contributed by atoms with Crippen molar-refractivity contribution in [1.82, 2.24) is 9.88 Å². The highest BCUT2D eigenvalue weighted by Crippen LogP contribution is 2.34. The molecule has 0 fully saturated rings. The van der Waals surface area contributed by atoms with E-state index in [0.29, 0.717) is 19.7 Å². The normalized spacial score (nSPS) is 10.8. The van der Waals surface area contributed by atoms with Gasteiger partial charge in [0.05, 0.1) is 5.39 Å². The summed E-state index contributed by atoms with van der Waals surface area (Å²) >= 11 is 1.65. The Kier molecular flexibility index (Phi) is 7.63. The van der Waals surface area contributed by atoms with Gasteiger partial charge in [0.2, 0.25) is 0 Å². The Morgan fingerprint density at radius 2 is 1.90 bits per heavy atom. The molecule has 0 aliphatic rings. The molecule has 0 saturated heterocycles. The first-order chi connectivity index (χ1) is 14.7. The lowest BCUT2D eigenvalue weighted by molar-refractivity contribution is 0.306. The van der Waals surface area contributed by atoms with Crippen LogP contribution in [0.5, 0.6) is 5.75 Å². The van der Waals surface area contributed by atoms with Crippen LogP contribution in [0, 0.1) is 0 Å². The van der Waals surface area contributed by atoms with Crippen LogP contribution in [0.15, 0.2) is 71.7 Å². The van der Waals surface area contributed by atoms with Crippen molar-refractivity contribution in [3.63, 3.8) is 0 Å². The minimum Gasteiger partial charge on any atom is -0.489 e. The van der Waals surface area contributed by atoms with Gasteiger partial charge in [0.25, 0.3) is 5.56 Å². The molecule has 4 aromatic rings. The summed E-state index contributed by atoms with van der Waals surface area (Å²) in [6.45, 7) is 2.57. The Morgan fingerprint density at radius 3 is 2.68 bits per heavy atom. The molecule has 2 heterocycles. The maximum atomic E-state index is 12.7. The maximum Gasteiger partial charge on any atom is 0.259 e. The zero-order valence-electron chi connectivity index (χ0n) is 16.9. The fourth-order valence-electron chi connectivity index (χ4n) is 3.40. The fraction of sp³-hybridized carbons (Fsp3) is 0.240. The molecule has 6 heteroatoms. The minimum absolute atomic E-state index is 0. The van der Waals surface area contributed by atoms with Gasteiger partial charge in [0, 0.05) is 48.0 Å². The molecular weight excluding hydrogens is 406 g/mol. The van der Waals surface area contributed by atoms with E-state index in [1.165, 1.54) is 0 Å². The van der Waals surface area contributed by atoms with Gasteiger partial charge in [-0.2, -0.15) is 0 Å². The number of fused-ring (bicyclic) bond motifs is 1. The zero-order valence-corrected chi connectivity index (χ0v) is 17.7. The van der Waals surface area contributed by atoms with E-state index in [1.807, 2.05) is 60.8 Å². The molecule has 5 nitrogen and oxygen atoms in total. The average molecular weight is 436 g/mol. The molecule has 0 bridgehead atoms. The number of nitrogens with one attached hydrogen (secondary N) is 1. The van der Waals surface area contributed by atoms with Gasteiger partial charge in [-0.3, -0.25) is 4.79 Å². The molecule has 3 N–H and O–H groups in total. The first-order valence-corrected chi connectivity index (χ1v) is 10.8. The van der Waals surface area contributed by atoms with Crippen LogP contribution < -0.4 is 21.3 Å². The predicted molar refractivity (Wildman–Crippen MR) is 131 cm³/mol. The highest BCUT2D eigenvalue weighted by Gasteiger charge is 2.14. The van der Waals surface area contributed by atoms with Crippen LogP contribution in [-0.4, -0.2) is 17.7 Å². The number of benzene rings is 2. The topological polar surface area (TPSA) is 69.3 Å². The van der Waals surface area contributed by atoms with Gasteiger partial charge < -0.3 is 20.4 Å². The van der Waals surface area contributed by atoms with Gasteiger partial charge >= 0.3 is 0 Å². The molecule has 0 amide bonds. The summed E-state index contributed by atoms with van der Waals surface area (Å²) in [5.74, 6) is 0.805. The summed E-state index contributed by atoms with van der Waals surface area (Å²) in [5, 5.41) is 4.05. The van der Waals surface area contributed by atoms with Crippen LogP contribution in [0.4, 0.5) is 0 Å². The molecule has 31 heavy (non-hydrogen) atoms. The summed E-state index contributed by atoms with van der Waals surface area (Å²) in [6.07, 6.45) is 1.91. The van der Waals surface area contributed by atoms with Crippen molar-refractivity contribution >= 4 is 21.4 Å². The van der Waals surface area contributed by atoms with E-state index >= 15 is 0 Å². The highest BCUT2D eigenvalue weighted by atomic mass is 32.1. The molecule has 162 valence electrons. The molecule has 0 spiro atoms. The summed E-state index contributed by atoms with van der Waals surface area (Å²) in [6, 6.07) is 20.1. The number of nitrogens with zero attached hydrogens (tertiary/aromatic N) is 1. The van der Waals surface area contributed by atoms with Crippen molar-refractivity contribution in [3.8, 4) is 16.9 Å². The SMILES string of the molecule is C.Cn1cc(-c2cccc(OCc3ccccc3)c2)c2sc(CNCCN)cc2c1=O. The maximum absolute atomic E-state index is 12.7. The van der Waals surface area contributed by atoms with Gasteiger partial charge in [-0.25, -0.2) is 0 Å². The van der Waals surface area contributed by atoms with Crippen molar-refractivity contribution in [2.45, 2.75) is 20.6 Å². The third-order valence-electron chi connectivity index (χ3n) is 4.91. The Bertz CT molecular complexity index is 1200. The van der Waals surface area contributed by atoms with Crippen molar-refractivity contribution in [1.29, 1.82) is 0 Å². The second kappa shape index (κ2) is 10.4. The summed E-state index contributed by atoms with van der Waals surface area (Å²) in [4.78, 5) is 13.8. The van der Waals surface area contributed by atoms with E-state index in [-0.39, 0.29) is 13.0 Å². The number of pyridine rings is 1. The predicted octanol–water partition coefficient (Wildman–Crippen LogP) is 4.53. The van der Waals surface area contributed by atoms with E-state index in [2.05, 4.69) is 11.4 Å². The Labute approximate surface area is 187 Å². The number of ether oxygens (including phenoxy) is 1. The standard InChI is InChI=1S/C24H25N3O2S.CH4/c1-27-15-22(23-21(24(27)28)13-20(30-23)14-26-11-10-25)18-8-5-9-19(12-18)29-16-17-6-3-2-4-7-17;/h2-9,12-13,15,26H,10-11,14,16,25H2,1H3;1H4. The van der Waals surface area contributed by atoms with Gasteiger partial charge in [-0.15, -0.1) is 11.3 Å². The summed E-state index contributed by atoms with van der Waals surface area (Å²) in [5.41, 5.74) is 8.78. The van der Waals surface area contributed by atoms with Crippen LogP contribution >= 0.6 is 11.3 Å². The van der Waals surface area contributed by atoms with Crippen LogP contribution in [0.1, 0.15) is 17.9 Å². The third kappa shape index (κ3) is 5.22. The van der Waals surface area contributed by atoms with Crippen molar-refractivity contribution in [2.75, 3.05) is 13.1 Å². The van der Waals surface area contributed by atoms with Gasteiger partial charge in [0.15, 0.2) is 0 Å². The average Bonchev–Trinajstić information content (AvgIpc) is 3.20. The number of aryl methyl sites for hydroxylation is 1. The van der Waals surface area contributed by atoms with E-state index < -0.39 is 0 Å². The Morgan fingerprint density at radius 1 is 1.10 bits per heavy atom. The second-order valence-corrected chi connectivity index (χ2v) is 8.32. The number of nitrogens with two attached hydrogens (primary N) is 1. The van der Waals surface area contributed by atoms with E-state index in [9.17, 15) is 4.79 Å². The number of thiophene rings is 1. The number of hydrogen-bond donors (Lipinski definition) is 2. The number of hydrogen-bond acceptors (Lipinski definition) is 5. The minimum atomic E-state index is 0. The molecule has 0 atom stereocenters. The van der Waals surface area contributed by atoms with Crippen molar-refractivity contribution in [3.05, 3.63) is 87.7 Å². The van der Waals surface area contributed by atoms with E-state index in [1.54, 1.807) is 23.0 Å². The van der Waals surface area contributed by atoms with Crippen LogP contribution in [0.25, 0.3) is 21.2 Å². The molecule has 0 radical (unpaired) electrons. The molecule has 0 unspecified atom stereocenters. The first kappa shape index (κ1) is 22.7. The molecule has 2 aromatic carbocycles. The monoisotopic (exact) mass is 435 g/mol. The van der Waals surface area contributed by atoms with E-state index in [4.69, 9.17) is 10.5 Å². The third-order valence-corrected chi connectivity index (χ3v) is 6.08. The smallest absolute Gasteiger partial charge is 0.259 e. The lowest BCUT2D eigenvalue weighted by Crippen LogP contribution is -2.21. The summed E-state index contributed by atoms with van der Waals surface area (Å²) in [7, 11) is 1.80. The Balaban J connectivity index is 0.00000272. The van der Waals surface area contributed by atoms with Gasteiger partial charge in [0.1, 0.15) is 12.4 Å². The second-order valence-electron chi connectivity index (χ2n) is 7.18. The lowest BCUT2D eigenvalue weighted by Gasteiger charge is -2.10. The van der Waals surface area contributed by atoms with E-state index in [0.717, 1.165) is 43.9 Å². The van der Waals surface area contributed by atoms with Gasteiger partial charge in [-0.05, 0) is 29.3 Å². The molecule has 0 aliphatic heterocycles. The molecular formula is C25H29N3O2S. The molecule has 0 aliphatic carbocycles. The van der Waals surface area contributed by atoms with Crippen LogP contribution in [-0.2, 0) is 20.2 Å². The van der Waals surface area contributed by atoms with Crippen LogP contribution in [0.3, 0.4) is 0 Å². The Hall–Kier alpha value is -2.93. The molecule has 4 rings (SSSR count). The largest absolute Gasteiger partial charge is 0.489 e. The lowest BCUT2D eigenvalue weighted by atomic mass is 10.1. The number of aromatic nitrogens is 1. The first-order valence-electron chi connectivity index (χ1n) is 9.95. The van der Waals surface area contributed by atoms with Crippen molar-refractivity contribution in [2.24, 2.45) is 12.8 Å². The van der Waals surface area contributed by atoms with Crippen LogP contribution in [0.2, 0.25) is 0 Å².